The number of benzene rings is 2. The highest BCUT2D eigenvalue weighted by Gasteiger charge is 2.38. The molecule has 0 atom stereocenters. The average molecular weight is 434 g/mol. The first-order valence-corrected chi connectivity index (χ1v) is 10.4. The fourth-order valence-corrected chi connectivity index (χ4v) is 5.02. The summed E-state index contributed by atoms with van der Waals surface area (Å²) in [5.41, 5.74) is 0.693. The Labute approximate surface area is 180 Å². The second kappa shape index (κ2) is 9.15. The van der Waals surface area contributed by atoms with E-state index in [-0.39, 0.29) is 24.0 Å². The Kier molecular flexibility index (Phi) is 6.82. The van der Waals surface area contributed by atoms with Gasteiger partial charge >= 0.3 is 0 Å². The minimum atomic E-state index is -0.441. The van der Waals surface area contributed by atoms with E-state index in [0.717, 1.165) is 35.7 Å². The SMILES string of the molecule is Cl.O=C(c1cc([N+](=O)[O-])ccc1Sc1ccccc1)N1CCC2(CCNC2)CC1. The van der Waals surface area contributed by atoms with Crippen molar-refractivity contribution < 1.29 is 9.72 Å². The molecular formula is C21H24ClN3O3S. The summed E-state index contributed by atoms with van der Waals surface area (Å²) in [7, 11) is 0. The van der Waals surface area contributed by atoms with E-state index in [9.17, 15) is 14.9 Å². The van der Waals surface area contributed by atoms with Crippen molar-refractivity contribution in [1.29, 1.82) is 0 Å². The van der Waals surface area contributed by atoms with Gasteiger partial charge in [0.25, 0.3) is 11.6 Å². The monoisotopic (exact) mass is 433 g/mol. The average Bonchev–Trinajstić information content (AvgIpc) is 3.17. The number of likely N-dealkylation sites (tertiary alicyclic amines) is 1. The lowest BCUT2D eigenvalue weighted by atomic mass is 9.78. The Morgan fingerprint density at radius 2 is 1.83 bits per heavy atom. The summed E-state index contributed by atoms with van der Waals surface area (Å²) in [6, 6.07) is 14.3. The van der Waals surface area contributed by atoms with E-state index >= 15 is 0 Å². The molecule has 6 nitrogen and oxygen atoms in total. The summed E-state index contributed by atoms with van der Waals surface area (Å²) in [5, 5.41) is 14.7. The summed E-state index contributed by atoms with van der Waals surface area (Å²) < 4.78 is 0. The van der Waals surface area contributed by atoms with Crippen molar-refractivity contribution in [3.8, 4) is 0 Å². The highest BCUT2D eigenvalue weighted by molar-refractivity contribution is 7.99. The first-order chi connectivity index (χ1) is 13.6. The molecule has 0 radical (unpaired) electrons. The molecule has 0 aliphatic carbocycles. The van der Waals surface area contributed by atoms with Crippen molar-refractivity contribution in [2.75, 3.05) is 26.2 Å². The molecule has 2 saturated heterocycles. The van der Waals surface area contributed by atoms with E-state index in [1.54, 1.807) is 6.07 Å². The maximum absolute atomic E-state index is 13.3. The molecule has 2 aliphatic heterocycles. The van der Waals surface area contributed by atoms with E-state index < -0.39 is 4.92 Å². The Bertz CT molecular complexity index is 878. The number of halogens is 1. The number of piperidine rings is 1. The number of nitrogens with zero attached hydrogens (tertiary/aromatic N) is 2. The maximum atomic E-state index is 13.3. The van der Waals surface area contributed by atoms with Crippen LogP contribution in [0.1, 0.15) is 29.6 Å². The van der Waals surface area contributed by atoms with E-state index in [1.165, 1.54) is 30.3 Å². The number of nitro groups is 1. The third kappa shape index (κ3) is 4.74. The zero-order valence-electron chi connectivity index (χ0n) is 16.0. The largest absolute Gasteiger partial charge is 0.339 e. The molecule has 8 heteroatoms. The van der Waals surface area contributed by atoms with Crippen LogP contribution >= 0.6 is 24.2 Å². The lowest BCUT2D eigenvalue weighted by molar-refractivity contribution is -0.384. The standard InChI is InChI=1S/C21H23N3O3S.ClH/c25-20(23-12-9-21(10-13-23)8-11-22-15-21)18-14-16(24(26)27)6-7-19(18)28-17-4-2-1-3-5-17;/h1-7,14,22H,8-13,15H2;1H. The lowest BCUT2D eigenvalue weighted by Crippen LogP contribution is -2.44. The smallest absolute Gasteiger partial charge is 0.270 e. The van der Waals surface area contributed by atoms with Crippen LogP contribution in [0.5, 0.6) is 0 Å². The number of rotatable bonds is 4. The number of carbonyl (C=O) groups is 1. The maximum Gasteiger partial charge on any atom is 0.270 e. The van der Waals surface area contributed by atoms with E-state index in [4.69, 9.17) is 0 Å². The fraction of sp³-hybridized carbons (Fsp3) is 0.381. The molecule has 2 aliphatic rings. The van der Waals surface area contributed by atoms with Gasteiger partial charge in [0.15, 0.2) is 0 Å². The second-order valence-corrected chi connectivity index (χ2v) is 8.69. The molecule has 29 heavy (non-hydrogen) atoms. The van der Waals surface area contributed by atoms with E-state index in [1.807, 2.05) is 35.2 Å². The minimum absolute atomic E-state index is 0. The highest BCUT2D eigenvalue weighted by atomic mass is 35.5. The summed E-state index contributed by atoms with van der Waals surface area (Å²) >= 11 is 1.47. The molecule has 2 aromatic rings. The number of nitro benzene ring substituents is 1. The van der Waals surface area contributed by atoms with E-state index in [0.29, 0.717) is 24.1 Å². The Morgan fingerprint density at radius 1 is 1.10 bits per heavy atom. The Morgan fingerprint density at radius 3 is 2.45 bits per heavy atom. The van der Waals surface area contributed by atoms with Crippen molar-refractivity contribution in [1.82, 2.24) is 10.2 Å². The molecule has 0 unspecified atom stereocenters. The predicted molar refractivity (Wildman–Crippen MR) is 116 cm³/mol. The zero-order valence-corrected chi connectivity index (χ0v) is 17.6. The van der Waals surface area contributed by atoms with Crippen molar-refractivity contribution >= 4 is 35.8 Å². The second-order valence-electron chi connectivity index (χ2n) is 7.57. The Hall–Kier alpha value is -2.09. The third-order valence-corrected chi connectivity index (χ3v) is 6.90. The highest BCUT2D eigenvalue weighted by Crippen LogP contribution is 2.38. The first kappa shape index (κ1) is 21.6. The molecule has 2 fully saturated rings. The van der Waals surface area contributed by atoms with Crippen molar-refractivity contribution in [2.24, 2.45) is 5.41 Å². The van der Waals surface area contributed by atoms with Crippen molar-refractivity contribution in [3.05, 3.63) is 64.2 Å². The molecule has 2 aromatic carbocycles. The molecule has 0 bridgehead atoms. The van der Waals surface area contributed by atoms with Crippen LogP contribution in [0, 0.1) is 15.5 Å². The molecule has 0 saturated carbocycles. The number of carbonyl (C=O) groups excluding carboxylic acids is 1. The quantitative estimate of drug-likeness (QED) is 0.571. The summed E-state index contributed by atoms with van der Waals surface area (Å²) in [5.74, 6) is -0.108. The van der Waals surface area contributed by atoms with Crippen LogP contribution in [-0.2, 0) is 0 Å². The summed E-state index contributed by atoms with van der Waals surface area (Å²) in [4.78, 5) is 27.7. The van der Waals surface area contributed by atoms with Crippen LogP contribution in [-0.4, -0.2) is 41.9 Å². The third-order valence-electron chi connectivity index (χ3n) is 5.82. The number of nitrogens with one attached hydrogen (secondary N) is 1. The normalized spacial score (nSPS) is 17.7. The summed E-state index contributed by atoms with van der Waals surface area (Å²) in [6.45, 7) is 3.49. The Balaban J connectivity index is 0.00000240. The van der Waals surface area contributed by atoms with Gasteiger partial charge in [0, 0.05) is 41.6 Å². The van der Waals surface area contributed by atoms with Crippen LogP contribution in [0.25, 0.3) is 0 Å². The van der Waals surface area contributed by atoms with Crippen LogP contribution in [0.15, 0.2) is 58.3 Å². The zero-order chi connectivity index (χ0) is 19.6. The van der Waals surface area contributed by atoms with Gasteiger partial charge in [-0.2, -0.15) is 0 Å². The van der Waals surface area contributed by atoms with Gasteiger partial charge in [-0.1, -0.05) is 30.0 Å². The topological polar surface area (TPSA) is 75.5 Å². The van der Waals surface area contributed by atoms with Gasteiger partial charge in [0.2, 0.25) is 0 Å². The molecule has 1 N–H and O–H groups in total. The number of hydrogen-bond acceptors (Lipinski definition) is 5. The number of non-ortho nitro benzene ring substituents is 1. The van der Waals surface area contributed by atoms with Gasteiger partial charge in [-0.3, -0.25) is 14.9 Å². The molecule has 1 amide bonds. The molecule has 4 rings (SSSR count). The fourth-order valence-electron chi connectivity index (χ4n) is 4.08. The predicted octanol–water partition coefficient (Wildman–Crippen LogP) is 4.38. The van der Waals surface area contributed by atoms with Gasteiger partial charge in [0.05, 0.1) is 10.5 Å². The van der Waals surface area contributed by atoms with Crippen molar-refractivity contribution in [3.63, 3.8) is 0 Å². The number of hydrogen-bond donors (Lipinski definition) is 1. The van der Waals surface area contributed by atoms with Crippen LogP contribution < -0.4 is 5.32 Å². The summed E-state index contributed by atoms with van der Waals surface area (Å²) in [6.07, 6.45) is 3.14. The molecule has 0 aromatic heterocycles. The lowest BCUT2D eigenvalue weighted by Gasteiger charge is -2.39. The van der Waals surface area contributed by atoms with Crippen molar-refractivity contribution in [2.45, 2.75) is 29.1 Å². The molecule has 154 valence electrons. The number of amides is 1. The van der Waals surface area contributed by atoms with Crippen LogP contribution in [0.3, 0.4) is 0 Å². The van der Waals surface area contributed by atoms with Gasteiger partial charge in [-0.05, 0) is 49.4 Å². The molecule has 1 spiro atoms. The minimum Gasteiger partial charge on any atom is -0.339 e. The van der Waals surface area contributed by atoms with Gasteiger partial charge in [0.1, 0.15) is 0 Å². The van der Waals surface area contributed by atoms with Gasteiger partial charge < -0.3 is 10.2 Å². The molecular weight excluding hydrogens is 410 g/mol. The van der Waals surface area contributed by atoms with Gasteiger partial charge in [-0.25, -0.2) is 0 Å². The molecule has 2 heterocycles. The first-order valence-electron chi connectivity index (χ1n) is 9.58. The van der Waals surface area contributed by atoms with Gasteiger partial charge in [-0.15, -0.1) is 12.4 Å². The van der Waals surface area contributed by atoms with Crippen LogP contribution in [0.4, 0.5) is 5.69 Å². The van der Waals surface area contributed by atoms with E-state index in [2.05, 4.69) is 5.32 Å². The van der Waals surface area contributed by atoms with Crippen LogP contribution in [0.2, 0.25) is 0 Å².